The van der Waals surface area contributed by atoms with Crippen LogP contribution < -0.4 is 5.32 Å². The highest BCUT2D eigenvalue weighted by atomic mass is 19.1. The van der Waals surface area contributed by atoms with Crippen molar-refractivity contribution < 1.29 is 14.3 Å². The fourth-order valence-electron chi connectivity index (χ4n) is 2.65. The fourth-order valence-corrected chi connectivity index (χ4v) is 2.65. The second-order valence-electron chi connectivity index (χ2n) is 5.30. The average Bonchev–Trinajstić information content (AvgIpc) is 3.12. The van der Waals surface area contributed by atoms with Gasteiger partial charge in [0.25, 0.3) is 0 Å². The number of nitrogens with one attached hydrogen (secondary N) is 1. The standard InChI is InChI=1S/C15H20FNO2/c1-2-15(14(18)19)9-12(15)10-17-8-7-11-3-5-13(16)6-4-11/h3-6,12,17H,2,7-10H2,1H3,(H,18,19). The highest BCUT2D eigenvalue weighted by molar-refractivity contribution is 5.78. The number of carboxylic acids is 1. The molecule has 0 bridgehead atoms. The van der Waals surface area contributed by atoms with Crippen LogP contribution in [0.1, 0.15) is 25.3 Å². The molecule has 0 aromatic heterocycles. The van der Waals surface area contributed by atoms with Gasteiger partial charge in [-0.3, -0.25) is 4.79 Å². The minimum Gasteiger partial charge on any atom is -0.481 e. The summed E-state index contributed by atoms with van der Waals surface area (Å²) in [4.78, 5) is 11.1. The molecule has 1 aliphatic rings. The molecule has 104 valence electrons. The van der Waals surface area contributed by atoms with Crippen molar-refractivity contribution in [1.29, 1.82) is 0 Å². The monoisotopic (exact) mass is 265 g/mol. The van der Waals surface area contributed by atoms with Crippen molar-refractivity contribution in [3.05, 3.63) is 35.6 Å². The van der Waals surface area contributed by atoms with Gasteiger partial charge in [-0.25, -0.2) is 4.39 Å². The molecule has 2 rings (SSSR count). The number of hydrogen-bond donors (Lipinski definition) is 2. The maximum absolute atomic E-state index is 12.7. The quantitative estimate of drug-likeness (QED) is 0.745. The van der Waals surface area contributed by atoms with E-state index in [2.05, 4.69) is 5.32 Å². The van der Waals surface area contributed by atoms with Gasteiger partial charge < -0.3 is 10.4 Å². The molecule has 0 saturated heterocycles. The first-order valence-electron chi connectivity index (χ1n) is 6.77. The molecule has 1 aliphatic carbocycles. The maximum atomic E-state index is 12.7. The molecule has 1 aromatic rings. The molecule has 0 radical (unpaired) electrons. The van der Waals surface area contributed by atoms with E-state index in [1.807, 2.05) is 6.92 Å². The van der Waals surface area contributed by atoms with Gasteiger partial charge in [-0.2, -0.15) is 0 Å². The summed E-state index contributed by atoms with van der Waals surface area (Å²) >= 11 is 0. The highest BCUT2D eigenvalue weighted by Crippen LogP contribution is 2.54. The minimum atomic E-state index is -0.666. The highest BCUT2D eigenvalue weighted by Gasteiger charge is 2.58. The third-order valence-electron chi connectivity index (χ3n) is 4.18. The Kier molecular flexibility index (Phi) is 4.20. The van der Waals surface area contributed by atoms with Crippen LogP contribution >= 0.6 is 0 Å². The lowest BCUT2D eigenvalue weighted by atomic mass is 10.0. The topological polar surface area (TPSA) is 49.3 Å². The van der Waals surface area contributed by atoms with E-state index in [1.165, 1.54) is 12.1 Å². The average molecular weight is 265 g/mol. The Bertz CT molecular complexity index is 446. The first kappa shape index (κ1) is 14.0. The van der Waals surface area contributed by atoms with Crippen molar-refractivity contribution in [3.8, 4) is 0 Å². The molecule has 1 saturated carbocycles. The number of carboxylic acid groups (broad SMARTS) is 1. The van der Waals surface area contributed by atoms with E-state index < -0.39 is 11.4 Å². The zero-order valence-electron chi connectivity index (χ0n) is 11.2. The van der Waals surface area contributed by atoms with Gasteiger partial charge in [0.15, 0.2) is 0 Å². The molecular weight excluding hydrogens is 245 g/mol. The maximum Gasteiger partial charge on any atom is 0.309 e. The number of hydrogen-bond acceptors (Lipinski definition) is 2. The van der Waals surface area contributed by atoms with Gasteiger partial charge in [-0.15, -0.1) is 0 Å². The zero-order chi connectivity index (χ0) is 13.9. The predicted molar refractivity (Wildman–Crippen MR) is 71.4 cm³/mol. The first-order chi connectivity index (χ1) is 9.08. The van der Waals surface area contributed by atoms with Crippen molar-refractivity contribution in [3.63, 3.8) is 0 Å². The lowest BCUT2D eigenvalue weighted by Gasteiger charge is -2.10. The Hall–Kier alpha value is -1.42. The molecule has 0 spiro atoms. The second-order valence-corrected chi connectivity index (χ2v) is 5.30. The van der Waals surface area contributed by atoms with Crippen molar-refractivity contribution in [2.45, 2.75) is 26.2 Å². The van der Waals surface area contributed by atoms with E-state index in [4.69, 9.17) is 0 Å². The van der Waals surface area contributed by atoms with Crippen LogP contribution in [-0.4, -0.2) is 24.2 Å². The normalized spacial score (nSPS) is 25.3. The Balaban J connectivity index is 1.68. The second kappa shape index (κ2) is 5.70. The van der Waals surface area contributed by atoms with Crippen molar-refractivity contribution in [2.24, 2.45) is 11.3 Å². The van der Waals surface area contributed by atoms with Crippen LogP contribution in [0, 0.1) is 17.2 Å². The van der Waals surface area contributed by atoms with Crippen LogP contribution in [0.15, 0.2) is 24.3 Å². The van der Waals surface area contributed by atoms with Crippen LogP contribution in [0.2, 0.25) is 0 Å². The van der Waals surface area contributed by atoms with Crippen molar-refractivity contribution in [1.82, 2.24) is 5.32 Å². The van der Waals surface area contributed by atoms with Gasteiger partial charge in [0.05, 0.1) is 5.41 Å². The van der Waals surface area contributed by atoms with Gasteiger partial charge in [-0.1, -0.05) is 19.1 Å². The zero-order valence-corrected chi connectivity index (χ0v) is 11.2. The van der Waals surface area contributed by atoms with Gasteiger partial charge in [0.1, 0.15) is 5.82 Å². The summed E-state index contributed by atoms with van der Waals surface area (Å²) in [5.74, 6) is -0.632. The Labute approximate surface area is 112 Å². The molecule has 19 heavy (non-hydrogen) atoms. The number of aliphatic carboxylic acids is 1. The van der Waals surface area contributed by atoms with Crippen molar-refractivity contribution in [2.75, 3.05) is 13.1 Å². The summed E-state index contributed by atoms with van der Waals surface area (Å²) in [6, 6.07) is 6.48. The summed E-state index contributed by atoms with van der Waals surface area (Å²) in [7, 11) is 0. The summed E-state index contributed by atoms with van der Waals surface area (Å²) in [5.41, 5.74) is 0.604. The van der Waals surface area contributed by atoms with Gasteiger partial charge in [-0.05, 0) is 56.0 Å². The van der Waals surface area contributed by atoms with Gasteiger partial charge >= 0.3 is 5.97 Å². The molecule has 3 nitrogen and oxygen atoms in total. The van der Waals surface area contributed by atoms with Crippen LogP contribution in [0.4, 0.5) is 4.39 Å². The third kappa shape index (κ3) is 3.13. The van der Waals surface area contributed by atoms with Crippen LogP contribution in [0.5, 0.6) is 0 Å². The molecule has 0 amide bonds. The largest absolute Gasteiger partial charge is 0.481 e. The van der Waals surface area contributed by atoms with Crippen LogP contribution in [0.3, 0.4) is 0 Å². The van der Waals surface area contributed by atoms with E-state index in [0.717, 1.165) is 31.5 Å². The van der Waals surface area contributed by atoms with E-state index in [0.29, 0.717) is 6.42 Å². The van der Waals surface area contributed by atoms with E-state index in [9.17, 15) is 14.3 Å². The molecular formula is C15H20FNO2. The van der Waals surface area contributed by atoms with E-state index >= 15 is 0 Å². The molecule has 1 aromatic carbocycles. The number of halogens is 1. The number of carbonyl (C=O) groups is 1. The van der Waals surface area contributed by atoms with Gasteiger partial charge in [0, 0.05) is 0 Å². The van der Waals surface area contributed by atoms with E-state index in [-0.39, 0.29) is 11.7 Å². The Morgan fingerprint density at radius 2 is 2.16 bits per heavy atom. The SMILES string of the molecule is CCC1(C(=O)O)CC1CNCCc1ccc(F)cc1. The Morgan fingerprint density at radius 3 is 2.68 bits per heavy atom. The molecule has 2 N–H and O–H groups in total. The van der Waals surface area contributed by atoms with Crippen LogP contribution in [0.25, 0.3) is 0 Å². The van der Waals surface area contributed by atoms with Crippen LogP contribution in [-0.2, 0) is 11.2 Å². The fraction of sp³-hybridized carbons (Fsp3) is 0.533. The third-order valence-corrected chi connectivity index (χ3v) is 4.18. The smallest absolute Gasteiger partial charge is 0.309 e. The molecule has 1 fully saturated rings. The predicted octanol–water partition coefficient (Wildman–Crippen LogP) is 2.46. The number of rotatable bonds is 7. The summed E-state index contributed by atoms with van der Waals surface area (Å²) < 4.78 is 12.7. The van der Waals surface area contributed by atoms with Crippen molar-refractivity contribution >= 4 is 5.97 Å². The minimum absolute atomic E-state index is 0.219. The summed E-state index contributed by atoms with van der Waals surface area (Å²) in [5, 5.41) is 12.5. The molecule has 0 aliphatic heterocycles. The lowest BCUT2D eigenvalue weighted by molar-refractivity contribution is -0.144. The summed E-state index contributed by atoms with van der Waals surface area (Å²) in [6.45, 7) is 3.48. The van der Waals surface area contributed by atoms with E-state index in [1.54, 1.807) is 12.1 Å². The summed E-state index contributed by atoms with van der Waals surface area (Å²) in [6.07, 6.45) is 2.31. The lowest BCUT2D eigenvalue weighted by Crippen LogP contribution is -2.25. The molecule has 4 heteroatoms. The molecule has 2 atom stereocenters. The van der Waals surface area contributed by atoms with Gasteiger partial charge in [0.2, 0.25) is 0 Å². The Morgan fingerprint density at radius 1 is 1.47 bits per heavy atom. The number of benzene rings is 1. The molecule has 2 unspecified atom stereocenters. The first-order valence-corrected chi connectivity index (χ1v) is 6.77. The molecule has 0 heterocycles.